The van der Waals surface area contributed by atoms with Gasteiger partial charge in [-0.2, -0.15) is 0 Å². The smallest absolute Gasteiger partial charge is 0.106 e. The Morgan fingerprint density at radius 2 is 2.00 bits per heavy atom. The Labute approximate surface area is 132 Å². The van der Waals surface area contributed by atoms with Gasteiger partial charge >= 0.3 is 0 Å². The second kappa shape index (κ2) is 5.15. The summed E-state index contributed by atoms with van der Waals surface area (Å²) >= 11 is 10.0. The van der Waals surface area contributed by atoms with Crippen LogP contribution in [-0.4, -0.2) is 4.98 Å². The summed E-state index contributed by atoms with van der Waals surface area (Å²) in [6.45, 7) is 0. The third-order valence-electron chi connectivity index (χ3n) is 2.74. The van der Waals surface area contributed by atoms with E-state index in [4.69, 9.17) is 17.3 Å². The highest BCUT2D eigenvalue weighted by atomic mass is 127. The molecular formula is C13H9ClIN3S. The third-order valence-corrected chi connectivity index (χ3v) is 4.52. The zero-order valence-corrected chi connectivity index (χ0v) is 13.4. The number of nitrogens with two attached hydrogens (primary N) is 1. The van der Waals surface area contributed by atoms with Crippen LogP contribution in [0.2, 0.25) is 5.02 Å². The zero-order chi connectivity index (χ0) is 13.4. The van der Waals surface area contributed by atoms with Crippen molar-refractivity contribution in [2.75, 3.05) is 11.1 Å². The van der Waals surface area contributed by atoms with Crippen molar-refractivity contribution in [3.63, 3.8) is 0 Å². The maximum absolute atomic E-state index is 6.21. The van der Waals surface area contributed by atoms with Crippen LogP contribution in [0.25, 0.3) is 10.2 Å². The first-order chi connectivity index (χ1) is 9.15. The molecule has 0 saturated heterocycles. The van der Waals surface area contributed by atoms with Crippen LogP contribution in [0.15, 0.2) is 35.8 Å². The molecular weight excluding hydrogens is 393 g/mol. The number of hydrogen-bond donors (Lipinski definition) is 2. The van der Waals surface area contributed by atoms with Crippen LogP contribution >= 0.6 is 45.5 Å². The first-order valence-corrected chi connectivity index (χ1v) is 7.82. The number of aromatic nitrogens is 1. The fraction of sp³-hybridized carbons (Fsp3) is 0. The zero-order valence-electron chi connectivity index (χ0n) is 9.65. The normalized spacial score (nSPS) is 10.8. The first-order valence-electron chi connectivity index (χ1n) is 5.49. The molecule has 0 atom stereocenters. The predicted octanol–water partition coefficient (Wildman–Crippen LogP) is 4.88. The minimum atomic E-state index is 0.647. The molecule has 19 heavy (non-hydrogen) atoms. The number of hydrogen-bond acceptors (Lipinski definition) is 4. The Bertz CT molecular complexity index is 757. The number of thiazole rings is 1. The standard InChI is InChI=1S/C13H9ClIN3S/c14-8-5-7(15)1-2-9(8)18-10-3-4-11-13(12(10)16)17-6-19-11/h1-6,18H,16H2. The van der Waals surface area contributed by atoms with Gasteiger partial charge in [0.1, 0.15) is 5.52 Å². The number of nitrogen functional groups attached to an aromatic ring is 1. The molecule has 0 aliphatic heterocycles. The molecule has 6 heteroatoms. The average molecular weight is 402 g/mol. The van der Waals surface area contributed by atoms with Gasteiger partial charge in [-0.05, 0) is 52.9 Å². The molecule has 0 unspecified atom stereocenters. The highest BCUT2D eigenvalue weighted by Gasteiger charge is 2.08. The minimum absolute atomic E-state index is 0.647. The Hall–Kier alpha value is -1.05. The number of nitrogens with zero attached hydrogens (tertiary/aromatic N) is 1. The molecule has 96 valence electrons. The lowest BCUT2D eigenvalue weighted by atomic mass is 10.2. The van der Waals surface area contributed by atoms with E-state index in [1.165, 1.54) is 0 Å². The molecule has 3 nitrogen and oxygen atoms in total. The van der Waals surface area contributed by atoms with Crippen LogP contribution in [0, 0.1) is 3.57 Å². The van der Waals surface area contributed by atoms with Gasteiger partial charge in [0.15, 0.2) is 0 Å². The minimum Gasteiger partial charge on any atom is -0.395 e. The van der Waals surface area contributed by atoms with Crippen LogP contribution in [0.5, 0.6) is 0 Å². The Morgan fingerprint density at radius 1 is 1.21 bits per heavy atom. The molecule has 3 aromatic rings. The van der Waals surface area contributed by atoms with Crippen LogP contribution < -0.4 is 11.1 Å². The fourth-order valence-corrected chi connectivity index (χ4v) is 3.39. The Balaban J connectivity index is 2.03. The van der Waals surface area contributed by atoms with Crippen LogP contribution in [0.4, 0.5) is 17.1 Å². The van der Waals surface area contributed by atoms with Gasteiger partial charge in [-0.25, -0.2) is 4.98 Å². The highest BCUT2D eigenvalue weighted by Crippen LogP contribution is 2.34. The van der Waals surface area contributed by atoms with Crippen molar-refractivity contribution in [2.24, 2.45) is 0 Å². The topological polar surface area (TPSA) is 50.9 Å². The van der Waals surface area contributed by atoms with E-state index in [1.807, 2.05) is 30.3 Å². The molecule has 1 heterocycles. The van der Waals surface area contributed by atoms with Crippen LogP contribution in [0.3, 0.4) is 0 Å². The lowest BCUT2D eigenvalue weighted by Crippen LogP contribution is -1.97. The van der Waals surface area contributed by atoms with E-state index in [0.29, 0.717) is 10.7 Å². The fourth-order valence-electron chi connectivity index (χ4n) is 1.80. The molecule has 3 N–H and O–H groups in total. The third kappa shape index (κ3) is 2.50. The van der Waals surface area contributed by atoms with Gasteiger partial charge in [0, 0.05) is 3.57 Å². The van der Waals surface area contributed by atoms with E-state index in [1.54, 1.807) is 16.8 Å². The van der Waals surface area contributed by atoms with Crippen LogP contribution in [0.1, 0.15) is 0 Å². The van der Waals surface area contributed by atoms with Crippen LogP contribution in [-0.2, 0) is 0 Å². The van der Waals surface area contributed by atoms with E-state index in [-0.39, 0.29) is 0 Å². The second-order valence-electron chi connectivity index (χ2n) is 3.98. The molecule has 0 aliphatic carbocycles. The number of fused-ring (bicyclic) bond motifs is 1. The quantitative estimate of drug-likeness (QED) is 0.475. The molecule has 0 bridgehead atoms. The number of rotatable bonds is 2. The molecule has 0 saturated carbocycles. The van der Waals surface area contributed by atoms with Crippen molar-refractivity contribution in [3.8, 4) is 0 Å². The number of nitrogens with one attached hydrogen (secondary N) is 1. The summed E-state index contributed by atoms with van der Waals surface area (Å²) in [6, 6.07) is 9.79. The van der Waals surface area contributed by atoms with E-state index in [2.05, 4.69) is 32.9 Å². The Kier molecular flexibility index (Phi) is 3.51. The summed E-state index contributed by atoms with van der Waals surface area (Å²) in [7, 11) is 0. The SMILES string of the molecule is Nc1c(Nc2ccc(I)cc2Cl)ccc2scnc12. The molecule has 1 aromatic heterocycles. The van der Waals surface area contributed by atoms with Gasteiger partial charge < -0.3 is 11.1 Å². The van der Waals surface area contributed by atoms with E-state index < -0.39 is 0 Å². The summed E-state index contributed by atoms with van der Waals surface area (Å²) < 4.78 is 2.17. The van der Waals surface area contributed by atoms with E-state index in [0.717, 1.165) is 25.2 Å². The van der Waals surface area contributed by atoms with Gasteiger partial charge in [-0.3, -0.25) is 0 Å². The van der Waals surface area contributed by atoms with Crippen molar-refractivity contribution >= 4 is 72.8 Å². The summed E-state index contributed by atoms with van der Waals surface area (Å²) in [5.74, 6) is 0. The summed E-state index contributed by atoms with van der Waals surface area (Å²) in [6.07, 6.45) is 0. The van der Waals surface area contributed by atoms with Crippen molar-refractivity contribution in [1.82, 2.24) is 4.98 Å². The molecule has 0 fully saturated rings. The lowest BCUT2D eigenvalue weighted by molar-refractivity contribution is 1.48. The molecule has 0 radical (unpaired) electrons. The molecule has 0 amide bonds. The van der Waals surface area contributed by atoms with Crippen molar-refractivity contribution < 1.29 is 0 Å². The molecule has 2 aromatic carbocycles. The van der Waals surface area contributed by atoms with Crippen molar-refractivity contribution in [2.45, 2.75) is 0 Å². The van der Waals surface area contributed by atoms with Crippen molar-refractivity contribution in [1.29, 1.82) is 0 Å². The summed E-state index contributed by atoms with van der Waals surface area (Å²) in [4.78, 5) is 4.28. The summed E-state index contributed by atoms with van der Waals surface area (Å²) in [5, 5.41) is 3.92. The van der Waals surface area contributed by atoms with Gasteiger partial charge in [0.25, 0.3) is 0 Å². The number of anilines is 3. The maximum atomic E-state index is 6.21. The van der Waals surface area contributed by atoms with E-state index in [9.17, 15) is 0 Å². The predicted molar refractivity (Wildman–Crippen MR) is 91.5 cm³/mol. The highest BCUT2D eigenvalue weighted by molar-refractivity contribution is 14.1. The lowest BCUT2D eigenvalue weighted by Gasteiger charge is -2.11. The van der Waals surface area contributed by atoms with Gasteiger partial charge in [0.2, 0.25) is 0 Å². The first kappa shape index (κ1) is 13.0. The maximum Gasteiger partial charge on any atom is 0.106 e. The van der Waals surface area contributed by atoms with E-state index >= 15 is 0 Å². The number of benzene rings is 2. The average Bonchev–Trinajstić information content (AvgIpc) is 2.85. The Morgan fingerprint density at radius 3 is 2.79 bits per heavy atom. The largest absolute Gasteiger partial charge is 0.395 e. The molecule has 0 spiro atoms. The van der Waals surface area contributed by atoms with Gasteiger partial charge in [-0.15, -0.1) is 11.3 Å². The number of halogens is 2. The monoisotopic (exact) mass is 401 g/mol. The molecule has 3 rings (SSSR count). The van der Waals surface area contributed by atoms with Crippen molar-refractivity contribution in [3.05, 3.63) is 44.4 Å². The van der Waals surface area contributed by atoms with Gasteiger partial charge in [-0.1, -0.05) is 11.6 Å². The molecule has 0 aliphatic rings. The summed E-state index contributed by atoms with van der Waals surface area (Å²) in [5.41, 5.74) is 11.1. The second-order valence-corrected chi connectivity index (χ2v) is 6.51. The van der Waals surface area contributed by atoms with Gasteiger partial charge in [0.05, 0.1) is 32.3 Å².